The molecule has 5 rings (SSSR count). The van der Waals surface area contributed by atoms with Crippen LogP contribution >= 0.6 is 0 Å². The number of nitrogens with two attached hydrogens (primary N) is 1. The van der Waals surface area contributed by atoms with Crippen molar-refractivity contribution in [2.24, 2.45) is 0 Å². The van der Waals surface area contributed by atoms with Crippen LogP contribution < -0.4 is 11.1 Å². The number of aromatic nitrogens is 6. The van der Waals surface area contributed by atoms with E-state index >= 15 is 0 Å². The summed E-state index contributed by atoms with van der Waals surface area (Å²) in [6.07, 6.45) is -0.528. The number of hydrogen-bond donors (Lipinski definition) is 2. The Bertz CT molecular complexity index is 1420. The Morgan fingerprint density at radius 3 is 2.61 bits per heavy atom. The predicted octanol–water partition coefficient (Wildman–Crippen LogP) is 4.24. The molecule has 11 heteroatoms. The predicted molar refractivity (Wildman–Crippen MR) is 109 cm³/mol. The van der Waals surface area contributed by atoms with Crippen molar-refractivity contribution in [1.82, 2.24) is 29.7 Å². The van der Waals surface area contributed by atoms with E-state index in [1.54, 1.807) is 18.3 Å². The molecule has 0 saturated carbocycles. The van der Waals surface area contributed by atoms with E-state index in [4.69, 9.17) is 5.73 Å². The van der Waals surface area contributed by atoms with E-state index < -0.39 is 6.30 Å². The second kappa shape index (κ2) is 6.90. The molecule has 0 aliphatic heterocycles. The summed E-state index contributed by atoms with van der Waals surface area (Å²) >= 11 is 0. The maximum atomic E-state index is 13.3. The summed E-state index contributed by atoms with van der Waals surface area (Å²) in [7, 11) is 0. The first-order valence-corrected chi connectivity index (χ1v) is 9.05. The molecule has 3 heterocycles. The van der Waals surface area contributed by atoms with Crippen LogP contribution in [0.2, 0.25) is 0 Å². The average molecular weight is 422 g/mol. The van der Waals surface area contributed by atoms with Crippen LogP contribution in [0.15, 0.2) is 61.2 Å². The highest BCUT2D eigenvalue weighted by Gasteiger charge is 2.34. The third-order valence-electron chi connectivity index (χ3n) is 4.69. The van der Waals surface area contributed by atoms with Gasteiger partial charge in [0.05, 0.1) is 22.6 Å². The SMILES string of the molecule is Nc1nc(Nc2ccnn2C(F)(F)F)c2c(-c3cccc4cncnc34)cccc2n1. The number of nitrogen functional groups attached to an aromatic ring is 1. The molecule has 0 saturated heterocycles. The van der Waals surface area contributed by atoms with Crippen molar-refractivity contribution < 1.29 is 13.2 Å². The van der Waals surface area contributed by atoms with Crippen LogP contribution in [0.1, 0.15) is 0 Å². The Kier molecular flexibility index (Phi) is 4.17. The van der Waals surface area contributed by atoms with Crippen molar-refractivity contribution in [3.8, 4) is 11.1 Å². The molecule has 0 atom stereocenters. The van der Waals surface area contributed by atoms with Gasteiger partial charge in [-0.3, -0.25) is 0 Å². The summed E-state index contributed by atoms with van der Waals surface area (Å²) in [4.78, 5) is 16.8. The molecule has 0 aliphatic carbocycles. The molecule has 0 unspecified atom stereocenters. The number of anilines is 3. The number of nitrogens with zero attached hydrogens (tertiary/aromatic N) is 6. The average Bonchev–Trinajstić information content (AvgIpc) is 3.21. The van der Waals surface area contributed by atoms with Gasteiger partial charge >= 0.3 is 6.30 Å². The highest BCUT2D eigenvalue weighted by molar-refractivity contribution is 6.07. The van der Waals surface area contributed by atoms with Crippen molar-refractivity contribution in [1.29, 1.82) is 0 Å². The fourth-order valence-electron chi connectivity index (χ4n) is 3.47. The molecule has 2 aromatic carbocycles. The number of hydrogen-bond acceptors (Lipinski definition) is 7. The molecule has 8 nitrogen and oxygen atoms in total. The third kappa shape index (κ3) is 3.25. The third-order valence-corrected chi connectivity index (χ3v) is 4.69. The van der Waals surface area contributed by atoms with E-state index in [9.17, 15) is 13.2 Å². The summed E-state index contributed by atoms with van der Waals surface area (Å²) in [6.45, 7) is 0. The van der Waals surface area contributed by atoms with Crippen molar-refractivity contribution in [2.45, 2.75) is 6.30 Å². The standard InChI is InChI=1S/C20H13F3N8/c21-20(22,23)31-15(7-8-27-31)29-18-16-12(4-2-6-14(16)28-19(24)30-18)13-5-1-3-11-9-25-10-26-17(11)13/h1-10H,(H3,24,28,29,30). The van der Waals surface area contributed by atoms with Gasteiger partial charge < -0.3 is 11.1 Å². The fourth-order valence-corrected chi connectivity index (χ4v) is 3.47. The lowest BCUT2D eigenvalue weighted by atomic mass is 9.98. The minimum absolute atomic E-state index is 0.0783. The topological polar surface area (TPSA) is 107 Å². The molecule has 31 heavy (non-hydrogen) atoms. The Morgan fingerprint density at radius 1 is 0.968 bits per heavy atom. The molecule has 0 amide bonds. The van der Waals surface area contributed by atoms with Gasteiger partial charge in [0, 0.05) is 23.2 Å². The molecule has 3 N–H and O–H groups in total. The minimum Gasteiger partial charge on any atom is -0.368 e. The Morgan fingerprint density at radius 2 is 1.77 bits per heavy atom. The lowest BCUT2D eigenvalue weighted by Crippen LogP contribution is -2.20. The Balaban J connectivity index is 1.77. The van der Waals surface area contributed by atoms with Gasteiger partial charge in [-0.1, -0.05) is 30.3 Å². The normalized spacial score (nSPS) is 11.8. The van der Waals surface area contributed by atoms with Crippen LogP contribution in [0.25, 0.3) is 32.9 Å². The molecular weight excluding hydrogens is 409 g/mol. The molecule has 0 bridgehead atoms. The first-order valence-electron chi connectivity index (χ1n) is 9.05. The van der Waals surface area contributed by atoms with Crippen LogP contribution in [-0.2, 0) is 6.30 Å². The summed E-state index contributed by atoms with van der Waals surface area (Å²) in [5.41, 5.74) is 8.43. The van der Waals surface area contributed by atoms with Gasteiger partial charge in [-0.05, 0) is 11.6 Å². The van der Waals surface area contributed by atoms with Crippen LogP contribution in [0.5, 0.6) is 0 Å². The zero-order chi connectivity index (χ0) is 21.6. The monoisotopic (exact) mass is 422 g/mol. The molecule has 154 valence electrons. The number of alkyl halides is 3. The summed E-state index contributed by atoms with van der Waals surface area (Å²) < 4.78 is 39.8. The first-order chi connectivity index (χ1) is 14.9. The quantitative estimate of drug-likeness (QED) is 0.448. The lowest BCUT2D eigenvalue weighted by Gasteiger charge is -2.15. The van der Waals surface area contributed by atoms with Crippen LogP contribution in [0.4, 0.5) is 30.8 Å². The first kappa shape index (κ1) is 18.7. The molecule has 0 aliphatic rings. The number of rotatable bonds is 3. The second-order valence-electron chi connectivity index (χ2n) is 6.62. The van der Waals surface area contributed by atoms with E-state index in [0.717, 1.165) is 17.1 Å². The number of halogens is 3. The van der Waals surface area contributed by atoms with Gasteiger partial charge in [-0.15, -0.1) is 13.2 Å². The largest absolute Gasteiger partial charge is 0.506 e. The molecule has 3 aromatic heterocycles. The van der Waals surface area contributed by atoms with E-state index in [0.29, 0.717) is 22.0 Å². The highest BCUT2D eigenvalue weighted by Crippen LogP contribution is 2.37. The smallest absolute Gasteiger partial charge is 0.368 e. The lowest BCUT2D eigenvalue weighted by molar-refractivity contribution is -0.210. The maximum absolute atomic E-state index is 13.3. The molecule has 0 fully saturated rings. The molecule has 5 aromatic rings. The van der Waals surface area contributed by atoms with Crippen LogP contribution in [0.3, 0.4) is 0 Å². The number of para-hydroxylation sites is 1. The molecular formula is C20H13F3N8. The summed E-state index contributed by atoms with van der Waals surface area (Å²) in [5, 5.41) is 7.38. The van der Waals surface area contributed by atoms with Gasteiger partial charge in [-0.25, -0.2) is 15.0 Å². The van der Waals surface area contributed by atoms with E-state index in [2.05, 4.69) is 30.4 Å². The zero-order valence-corrected chi connectivity index (χ0v) is 15.7. The number of benzene rings is 2. The number of nitrogens with one attached hydrogen (secondary N) is 1. The van der Waals surface area contributed by atoms with Gasteiger partial charge in [0.1, 0.15) is 18.0 Å². The van der Waals surface area contributed by atoms with Crippen molar-refractivity contribution in [2.75, 3.05) is 11.1 Å². The number of fused-ring (bicyclic) bond motifs is 2. The maximum Gasteiger partial charge on any atom is 0.506 e. The summed E-state index contributed by atoms with van der Waals surface area (Å²) in [6, 6.07) is 12.1. The van der Waals surface area contributed by atoms with E-state index in [1.165, 1.54) is 12.4 Å². The Labute approximate surface area is 172 Å². The fraction of sp³-hybridized carbons (Fsp3) is 0.0500. The zero-order valence-electron chi connectivity index (χ0n) is 15.7. The van der Waals surface area contributed by atoms with Crippen LogP contribution in [0, 0.1) is 0 Å². The van der Waals surface area contributed by atoms with Gasteiger partial charge in [0.2, 0.25) is 5.95 Å². The highest BCUT2D eigenvalue weighted by atomic mass is 19.4. The molecule has 0 spiro atoms. The molecule has 0 radical (unpaired) electrons. The van der Waals surface area contributed by atoms with Crippen molar-refractivity contribution in [3.05, 3.63) is 61.2 Å². The van der Waals surface area contributed by atoms with Gasteiger partial charge in [0.15, 0.2) is 0 Å². The van der Waals surface area contributed by atoms with E-state index in [-0.39, 0.29) is 22.3 Å². The van der Waals surface area contributed by atoms with Crippen molar-refractivity contribution >= 4 is 39.4 Å². The summed E-state index contributed by atoms with van der Waals surface area (Å²) in [5.74, 6) is -0.262. The van der Waals surface area contributed by atoms with E-state index in [1.807, 2.05) is 24.3 Å². The van der Waals surface area contributed by atoms with Gasteiger partial charge in [-0.2, -0.15) is 14.8 Å². The second-order valence-corrected chi connectivity index (χ2v) is 6.62. The van der Waals surface area contributed by atoms with Crippen LogP contribution in [-0.4, -0.2) is 29.7 Å². The van der Waals surface area contributed by atoms with Crippen molar-refractivity contribution in [3.63, 3.8) is 0 Å². The minimum atomic E-state index is -4.70. The Hall–Kier alpha value is -4.28. The van der Waals surface area contributed by atoms with Gasteiger partial charge in [0.25, 0.3) is 0 Å².